The number of benzene rings is 1. The quantitative estimate of drug-likeness (QED) is 0.886. The SMILES string of the molecule is NC1CCC(NCc2cc(Cl)cc(Cl)c2)CC1. The Morgan fingerprint density at radius 2 is 1.65 bits per heavy atom. The summed E-state index contributed by atoms with van der Waals surface area (Å²) in [5, 5.41) is 4.93. The molecule has 0 aromatic heterocycles. The van der Waals surface area contributed by atoms with Gasteiger partial charge >= 0.3 is 0 Å². The fourth-order valence-electron chi connectivity index (χ4n) is 2.30. The van der Waals surface area contributed by atoms with Crippen molar-refractivity contribution in [2.75, 3.05) is 0 Å². The molecular weight excluding hydrogens is 255 g/mol. The predicted molar refractivity (Wildman–Crippen MR) is 73.5 cm³/mol. The van der Waals surface area contributed by atoms with Gasteiger partial charge < -0.3 is 11.1 Å². The van der Waals surface area contributed by atoms with E-state index < -0.39 is 0 Å². The Kier molecular flexibility index (Phi) is 4.69. The van der Waals surface area contributed by atoms with E-state index in [4.69, 9.17) is 28.9 Å². The minimum atomic E-state index is 0.397. The molecule has 0 radical (unpaired) electrons. The maximum Gasteiger partial charge on any atom is 0.0424 e. The Bertz CT molecular complexity index is 353. The van der Waals surface area contributed by atoms with Crippen molar-refractivity contribution in [3.05, 3.63) is 33.8 Å². The number of hydrogen-bond acceptors (Lipinski definition) is 2. The molecule has 94 valence electrons. The van der Waals surface area contributed by atoms with Crippen LogP contribution in [0.4, 0.5) is 0 Å². The fourth-order valence-corrected chi connectivity index (χ4v) is 2.87. The summed E-state index contributed by atoms with van der Waals surface area (Å²) >= 11 is 11.9. The Balaban J connectivity index is 1.85. The summed E-state index contributed by atoms with van der Waals surface area (Å²) in [5.41, 5.74) is 7.02. The van der Waals surface area contributed by atoms with Crippen LogP contribution >= 0.6 is 23.2 Å². The van der Waals surface area contributed by atoms with Crippen LogP contribution in [0.2, 0.25) is 10.0 Å². The lowest BCUT2D eigenvalue weighted by Gasteiger charge is -2.27. The van der Waals surface area contributed by atoms with E-state index in [0.717, 1.165) is 37.8 Å². The van der Waals surface area contributed by atoms with Gasteiger partial charge in [-0.1, -0.05) is 23.2 Å². The van der Waals surface area contributed by atoms with Crippen LogP contribution in [0.3, 0.4) is 0 Å². The number of nitrogens with one attached hydrogen (secondary N) is 1. The van der Waals surface area contributed by atoms with Crippen molar-refractivity contribution >= 4 is 23.2 Å². The monoisotopic (exact) mass is 272 g/mol. The van der Waals surface area contributed by atoms with Gasteiger partial charge in [0.15, 0.2) is 0 Å². The van der Waals surface area contributed by atoms with Crippen molar-refractivity contribution < 1.29 is 0 Å². The smallest absolute Gasteiger partial charge is 0.0424 e. The molecule has 4 heteroatoms. The Morgan fingerprint density at radius 1 is 1.06 bits per heavy atom. The molecule has 0 unspecified atom stereocenters. The van der Waals surface area contributed by atoms with Crippen LogP contribution in [0, 0.1) is 0 Å². The maximum atomic E-state index is 5.96. The second-order valence-electron chi connectivity index (χ2n) is 4.77. The molecule has 0 amide bonds. The van der Waals surface area contributed by atoms with E-state index in [1.54, 1.807) is 6.07 Å². The highest BCUT2D eigenvalue weighted by atomic mass is 35.5. The van der Waals surface area contributed by atoms with Crippen LogP contribution in [0.25, 0.3) is 0 Å². The van der Waals surface area contributed by atoms with Crippen LogP contribution in [-0.4, -0.2) is 12.1 Å². The van der Waals surface area contributed by atoms with E-state index in [2.05, 4.69) is 5.32 Å². The third-order valence-corrected chi connectivity index (χ3v) is 3.73. The average Bonchev–Trinajstić information content (AvgIpc) is 2.27. The van der Waals surface area contributed by atoms with Crippen molar-refractivity contribution in [2.24, 2.45) is 5.73 Å². The molecule has 1 fully saturated rings. The first-order valence-electron chi connectivity index (χ1n) is 6.07. The Hall–Kier alpha value is -0.280. The van der Waals surface area contributed by atoms with Crippen LogP contribution in [0.5, 0.6) is 0 Å². The van der Waals surface area contributed by atoms with Crippen molar-refractivity contribution in [3.8, 4) is 0 Å². The lowest BCUT2D eigenvalue weighted by molar-refractivity contribution is 0.342. The molecule has 1 aromatic carbocycles. The summed E-state index contributed by atoms with van der Waals surface area (Å²) in [5.74, 6) is 0. The largest absolute Gasteiger partial charge is 0.328 e. The maximum absolute atomic E-state index is 5.96. The minimum Gasteiger partial charge on any atom is -0.328 e. The molecule has 17 heavy (non-hydrogen) atoms. The molecule has 1 aromatic rings. The van der Waals surface area contributed by atoms with Crippen LogP contribution < -0.4 is 11.1 Å². The summed E-state index contributed by atoms with van der Waals surface area (Å²) in [6.45, 7) is 0.820. The number of halogens is 2. The van der Waals surface area contributed by atoms with Gasteiger partial charge in [-0.15, -0.1) is 0 Å². The first-order valence-corrected chi connectivity index (χ1v) is 6.83. The number of nitrogens with two attached hydrogens (primary N) is 1. The molecule has 2 nitrogen and oxygen atoms in total. The second kappa shape index (κ2) is 6.05. The Morgan fingerprint density at radius 3 is 2.24 bits per heavy atom. The summed E-state index contributed by atoms with van der Waals surface area (Å²) in [6.07, 6.45) is 4.56. The molecule has 1 saturated carbocycles. The van der Waals surface area contributed by atoms with Crippen LogP contribution in [-0.2, 0) is 6.54 Å². The third kappa shape index (κ3) is 4.14. The molecule has 0 spiro atoms. The minimum absolute atomic E-state index is 0.397. The first-order chi connectivity index (χ1) is 8.13. The van der Waals surface area contributed by atoms with Gasteiger partial charge in [0.2, 0.25) is 0 Å². The summed E-state index contributed by atoms with van der Waals surface area (Å²) in [6, 6.07) is 6.64. The molecule has 2 rings (SSSR count). The van der Waals surface area contributed by atoms with Crippen molar-refractivity contribution in [2.45, 2.75) is 44.3 Å². The lowest BCUT2D eigenvalue weighted by Crippen LogP contribution is -2.37. The highest BCUT2D eigenvalue weighted by molar-refractivity contribution is 6.34. The Labute approximate surface area is 112 Å². The van der Waals surface area contributed by atoms with Gasteiger partial charge in [0.25, 0.3) is 0 Å². The predicted octanol–water partition coefficient (Wildman–Crippen LogP) is 3.35. The average molecular weight is 273 g/mol. The standard InChI is InChI=1S/C13H18Cl2N2/c14-10-5-9(6-11(15)7-10)8-17-13-3-1-12(16)2-4-13/h5-7,12-13,17H,1-4,8,16H2. The van der Waals surface area contributed by atoms with E-state index >= 15 is 0 Å². The van der Waals surface area contributed by atoms with E-state index in [1.807, 2.05) is 12.1 Å². The van der Waals surface area contributed by atoms with Gasteiger partial charge in [0.05, 0.1) is 0 Å². The summed E-state index contributed by atoms with van der Waals surface area (Å²) in [7, 11) is 0. The van der Waals surface area contributed by atoms with Gasteiger partial charge in [-0.2, -0.15) is 0 Å². The normalized spacial score (nSPS) is 24.9. The van der Waals surface area contributed by atoms with E-state index in [0.29, 0.717) is 22.1 Å². The lowest BCUT2D eigenvalue weighted by atomic mass is 9.92. The zero-order valence-corrected chi connectivity index (χ0v) is 11.3. The van der Waals surface area contributed by atoms with Crippen molar-refractivity contribution in [1.29, 1.82) is 0 Å². The summed E-state index contributed by atoms with van der Waals surface area (Å²) < 4.78 is 0. The van der Waals surface area contributed by atoms with Crippen molar-refractivity contribution in [1.82, 2.24) is 5.32 Å². The zero-order chi connectivity index (χ0) is 12.3. The highest BCUT2D eigenvalue weighted by Gasteiger charge is 2.17. The highest BCUT2D eigenvalue weighted by Crippen LogP contribution is 2.20. The summed E-state index contributed by atoms with van der Waals surface area (Å²) in [4.78, 5) is 0. The van der Waals surface area contributed by atoms with Gasteiger partial charge in [0, 0.05) is 28.7 Å². The molecule has 0 atom stereocenters. The van der Waals surface area contributed by atoms with Gasteiger partial charge in [0.1, 0.15) is 0 Å². The van der Waals surface area contributed by atoms with E-state index in [9.17, 15) is 0 Å². The van der Waals surface area contributed by atoms with Gasteiger partial charge in [-0.05, 0) is 49.4 Å². The van der Waals surface area contributed by atoms with Gasteiger partial charge in [-0.3, -0.25) is 0 Å². The molecule has 1 aliphatic carbocycles. The molecule has 1 aliphatic rings. The molecule has 0 aliphatic heterocycles. The number of hydrogen-bond donors (Lipinski definition) is 2. The molecule has 0 bridgehead atoms. The molecule has 3 N–H and O–H groups in total. The zero-order valence-electron chi connectivity index (χ0n) is 9.76. The fraction of sp³-hybridized carbons (Fsp3) is 0.538. The first kappa shape index (κ1) is 13.2. The van der Waals surface area contributed by atoms with Gasteiger partial charge in [-0.25, -0.2) is 0 Å². The third-order valence-electron chi connectivity index (χ3n) is 3.29. The van der Waals surface area contributed by atoms with E-state index in [-0.39, 0.29) is 0 Å². The number of rotatable bonds is 3. The second-order valence-corrected chi connectivity index (χ2v) is 5.64. The van der Waals surface area contributed by atoms with E-state index in [1.165, 1.54) is 0 Å². The molecule has 0 heterocycles. The topological polar surface area (TPSA) is 38.0 Å². The molecule has 0 saturated heterocycles. The van der Waals surface area contributed by atoms with Crippen LogP contribution in [0.1, 0.15) is 31.2 Å². The van der Waals surface area contributed by atoms with Crippen LogP contribution in [0.15, 0.2) is 18.2 Å². The molecular formula is C13H18Cl2N2. The van der Waals surface area contributed by atoms with Crippen molar-refractivity contribution in [3.63, 3.8) is 0 Å².